The van der Waals surface area contributed by atoms with Crippen LogP contribution in [-0.4, -0.2) is 27.8 Å². The van der Waals surface area contributed by atoms with Gasteiger partial charge in [-0.3, -0.25) is 9.59 Å². The predicted octanol–water partition coefficient (Wildman–Crippen LogP) is 0.0437. The van der Waals surface area contributed by atoms with Crippen molar-refractivity contribution in [3.63, 3.8) is 0 Å². The third-order valence-electron chi connectivity index (χ3n) is 2.67. The number of nitrogens with zero attached hydrogens (tertiary/aromatic N) is 1. The van der Waals surface area contributed by atoms with E-state index in [-0.39, 0.29) is 24.4 Å². The average Bonchev–Trinajstić information content (AvgIpc) is 2.52. The third-order valence-corrected chi connectivity index (χ3v) is 2.67. The van der Waals surface area contributed by atoms with E-state index in [1.807, 2.05) is 24.3 Å². The van der Waals surface area contributed by atoms with Crippen molar-refractivity contribution in [3.05, 3.63) is 63.6 Å². The molecule has 0 atom stereocenters. The number of aliphatic hydroxyl groups is 1. The SMILES string of the molecule is O=C(NCc1ccccc1C#CCO)c1ccc(=O)[nH]n1. The first-order valence-corrected chi connectivity index (χ1v) is 6.22. The largest absolute Gasteiger partial charge is 0.384 e. The third kappa shape index (κ3) is 4.03. The van der Waals surface area contributed by atoms with Crippen molar-refractivity contribution in [2.24, 2.45) is 0 Å². The van der Waals surface area contributed by atoms with Crippen LogP contribution in [0.1, 0.15) is 21.6 Å². The fourth-order valence-corrected chi connectivity index (χ4v) is 1.67. The molecule has 21 heavy (non-hydrogen) atoms. The lowest BCUT2D eigenvalue weighted by Gasteiger charge is -2.06. The van der Waals surface area contributed by atoms with Crippen LogP contribution in [0.25, 0.3) is 0 Å². The Bertz CT molecular complexity index is 736. The fourth-order valence-electron chi connectivity index (χ4n) is 1.67. The highest BCUT2D eigenvalue weighted by atomic mass is 16.2. The van der Waals surface area contributed by atoms with Gasteiger partial charge in [0.05, 0.1) is 0 Å². The van der Waals surface area contributed by atoms with Gasteiger partial charge in [-0.2, -0.15) is 5.10 Å². The van der Waals surface area contributed by atoms with Crippen molar-refractivity contribution >= 4 is 5.91 Å². The van der Waals surface area contributed by atoms with Gasteiger partial charge in [-0.05, 0) is 17.7 Å². The van der Waals surface area contributed by atoms with Crippen LogP contribution >= 0.6 is 0 Å². The average molecular weight is 283 g/mol. The molecule has 1 aromatic heterocycles. The molecule has 1 aromatic carbocycles. The molecular formula is C15H13N3O3. The highest BCUT2D eigenvalue weighted by molar-refractivity contribution is 5.91. The molecule has 2 aromatic rings. The smallest absolute Gasteiger partial charge is 0.271 e. The van der Waals surface area contributed by atoms with E-state index in [9.17, 15) is 9.59 Å². The molecule has 2 rings (SSSR count). The summed E-state index contributed by atoms with van der Waals surface area (Å²) >= 11 is 0. The summed E-state index contributed by atoms with van der Waals surface area (Å²) < 4.78 is 0. The maximum Gasteiger partial charge on any atom is 0.271 e. The van der Waals surface area contributed by atoms with Crippen molar-refractivity contribution in [1.82, 2.24) is 15.5 Å². The summed E-state index contributed by atoms with van der Waals surface area (Å²) in [5, 5.41) is 17.3. The second-order valence-electron chi connectivity index (χ2n) is 4.11. The predicted molar refractivity (Wildman–Crippen MR) is 76.4 cm³/mol. The maximum absolute atomic E-state index is 11.9. The van der Waals surface area contributed by atoms with Crippen molar-refractivity contribution in [1.29, 1.82) is 0 Å². The summed E-state index contributed by atoms with van der Waals surface area (Å²) in [4.78, 5) is 22.8. The van der Waals surface area contributed by atoms with Crippen LogP contribution in [0.4, 0.5) is 0 Å². The van der Waals surface area contributed by atoms with Gasteiger partial charge in [-0.1, -0.05) is 30.0 Å². The Morgan fingerprint density at radius 1 is 1.29 bits per heavy atom. The van der Waals surface area contributed by atoms with Gasteiger partial charge in [0.1, 0.15) is 12.3 Å². The lowest BCUT2D eigenvalue weighted by Crippen LogP contribution is -2.25. The highest BCUT2D eigenvalue weighted by Gasteiger charge is 2.07. The van der Waals surface area contributed by atoms with E-state index < -0.39 is 5.91 Å². The lowest BCUT2D eigenvalue weighted by molar-refractivity contribution is 0.0945. The summed E-state index contributed by atoms with van der Waals surface area (Å²) in [7, 11) is 0. The van der Waals surface area contributed by atoms with Crippen molar-refractivity contribution in [2.45, 2.75) is 6.54 Å². The minimum Gasteiger partial charge on any atom is -0.384 e. The number of aliphatic hydroxyl groups excluding tert-OH is 1. The number of benzene rings is 1. The molecular weight excluding hydrogens is 270 g/mol. The molecule has 6 heteroatoms. The van der Waals surface area contributed by atoms with E-state index in [4.69, 9.17) is 5.11 Å². The maximum atomic E-state index is 11.9. The number of aromatic amines is 1. The van der Waals surface area contributed by atoms with Crippen LogP contribution in [-0.2, 0) is 6.54 Å². The summed E-state index contributed by atoms with van der Waals surface area (Å²) in [5.41, 5.74) is 1.34. The fraction of sp³-hybridized carbons (Fsp3) is 0.133. The second kappa shape index (κ2) is 7.03. The molecule has 0 aliphatic carbocycles. The Kier molecular flexibility index (Phi) is 4.85. The van der Waals surface area contributed by atoms with E-state index in [0.717, 1.165) is 11.1 Å². The lowest BCUT2D eigenvalue weighted by atomic mass is 10.1. The monoisotopic (exact) mass is 283 g/mol. The number of carbonyl (C=O) groups is 1. The molecule has 0 unspecified atom stereocenters. The van der Waals surface area contributed by atoms with Crippen molar-refractivity contribution in [2.75, 3.05) is 6.61 Å². The molecule has 1 heterocycles. The van der Waals surface area contributed by atoms with Crippen LogP contribution < -0.4 is 10.9 Å². The number of hydrogen-bond acceptors (Lipinski definition) is 4. The van der Waals surface area contributed by atoms with Gasteiger partial charge < -0.3 is 10.4 Å². The normalized spacial score (nSPS) is 9.57. The summed E-state index contributed by atoms with van der Waals surface area (Å²) in [6.45, 7) is 0.0535. The first-order chi connectivity index (χ1) is 10.2. The zero-order valence-corrected chi connectivity index (χ0v) is 11.1. The molecule has 0 aliphatic rings. The van der Waals surface area contributed by atoms with Crippen LogP contribution in [0.15, 0.2) is 41.2 Å². The minimum absolute atomic E-state index is 0.133. The summed E-state index contributed by atoms with van der Waals surface area (Å²) in [6.07, 6.45) is 0. The number of H-pyrrole nitrogens is 1. The van der Waals surface area contributed by atoms with Crippen molar-refractivity contribution < 1.29 is 9.90 Å². The van der Waals surface area contributed by atoms with E-state index in [2.05, 4.69) is 27.4 Å². The van der Waals surface area contributed by atoms with Gasteiger partial charge in [-0.15, -0.1) is 0 Å². The van der Waals surface area contributed by atoms with Crippen LogP contribution in [0.2, 0.25) is 0 Å². The summed E-state index contributed by atoms with van der Waals surface area (Å²) in [6, 6.07) is 9.90. The van der Waals surface area contributed by atoms with Gasteiger partial charge in [0.2, 0.25) is 0 Å². The Morgan fingerprint density at radius 3 is 2.81 bits per heavy atom. The minimum atomic E-state index is -0.392. The quantitative estimate of drug-likeness (QED) is 0.693. The number of carbonyl (C=O) groups excluding carboxylic acids is 1. The highest BCUT2D eigenvalue weighted by Crippen LogP contribution is 2.07. The molecule has 0 radical (unpaired) electrons. The van der Waals surface area contributed by atoms with Gasteiger partial charge in [0.15, 0.2) is 0 Å². The second-order valence-corrected chi connectivity index (χ2v) is 4.11. The van der Waals surface area contributed by atoms with Gasteiger partial charge in [-0.25, -0.2) is 5.10 Å². The summed E-state index contributed by atoms with van der Waals surface area (Å²) in [5.74, 6) is 5.00. The Labute approximate surface area is 120 Å². The number of aromatic nitrogens is 2. The molecule has 0 saturated heterocycles. The molecule has 0 fully saturated rings. The first kappa shape index (κ1) is 14.5. The zero-order valence-electron chi connectivity index (χ0n) is 11.1. The molecule has 0 saturated carbocycles. The van der Waals surface area contributed by atoms with Gasteiger partial charge in [0, 0.05) is 18.2 Å². The van der Waals surface area contributed by atoms with Gasteiger partial charge >= 0.3 is 0 Å². The van der Waals surface area contributed by atoms with E-state index in [1.54, 1.807) is 0 Å². The zero-order chi connectivity index (χ0) is 15.1. The van der Waals surface area contributed by atoms with Crippen LogP contribution in [0, 0.1) is 11.8 Å². The topological polar surface area (TPSA) is 95.1 Å². The molecule has 0 spiro atoms. The van der Waals surface area contributed by atoms with Crippen molar-refractivity contribution in [3.8, 4) is 11.8 Å². The Morgan fingerprint density at radius 2 is 2.10 bits per heavy atom. The van der Waals surface area contributed by atoms with E-state index >= 15 is 0 Å². The van der Waals surface area contributed by atoms with Crippen LogP contribution in [0.3, 0.4) is 0 Å². The molecule has 6 nitrogen and oxygen atoms in total. The van der Waals surface area contributed by atoms with E-state index in [1.165, 1.54) is 12.1 Å². The van der Waals surface area contributed by atoms with E-state index in [0.29, 0.717) is 0 Å². The molecule has 3 N–H and O–H groups in total. The number of rotatable bonds is 3. The first-order valence-electron chi connectivity index (χ1n) is 6.22. The van der Waals surface area contributed by atoms with Gasteiger partial charge in [0.25, 0.3) is 11.5 Å². The molecule has 0 bridgehead atoms. The standard InChI is InChI=1S/C15H13N3O3/c19-9-3-6-11-4-1-2-5-12(11)10-16-15(21)13-7-8-14(20)18-17-13/h1-2,4-5,7-8,19H,9-10H2,(H,16,21)(H,18,20). The number of hydrogen-bond donors (Lipinski definition) is 3. The number of amides is 1. The Hall–Kier alpha value is -2.91. The Balaban J connectivity index is 2.08. The molecule has 0 aliphatic heterocycles. The van der Waals surface area contributed by atoms with Crippen LogP contribution in [0.5, 0.6) is 0 Å². The number of nitrogens with one attached hydrogen (secondary N) is 2. The molecule has 1 amide bonds. The molecule has 106 valence electrons.